The van der Waals surface area contributed by atoms with Gasteiger partial charge in [-0.1, -0.05) is 12.1 Å². The molecule has 0 bridgehead atoms. The van der Waals surface area contributed by atoms with E-state index in [0.29, 0.717) is 12.1 Å². The van der Waals surface area contributed by atoms with Crippen LogP contribution >= 0.6 is 0 Å². The summed E-state index contributed by atoms with van der Waals surface area (Å²) in [6, 6.07) is 4.59. The lowest BCUT2D eigenvalue weighted by molar-refractivity contribution is -0.137. The van der Waals surface area contributed by atoms with Crippen LogP contribution in [-0.4, -0.2) is 30.9 Å². The van der Waals surface area contributed by atoms with Crippen LogP contribution < -0.4 is 5.32 Å². The Labute approximate surface area is 122 Å². The zero-order valence-corrected chi connectivity index (χ0v) is 11.9. The number of hydrogen-bond acceptors (Lipinski definition) is 3. The highest BCUT2D eigenvalue weighted by Gasteiger charge is 2.36. The average molecular weight is 303 g/mol. The van der Waals surface area contributed by atoms with Crippen LogP contribution in [0.3, 0.4) is 0 Å². The summed E-state index contributed by atoms with van der Waals surface area (Å²) in [7, 11) is 1.67. The van der Waals surface area contributed by atoms with Crippen LogP contribution in [0.15, 0.2) is 24.3 Å². The molecule has 21 heavy (non-hydrogen) atoms. The van der Waals surface area contributed by atoms with Crippen LogP contribution in [0.4, 0.5) is 13.2 Å². The minimum atomic E-state index is -4.35. The molecule has 3 nitrogen and oxygen atoms in total. The van der Waals surface area contributed by atoms with Gasteiger partial charge in [-0.15, -0.1) is 0 Å². The minimum Gasteiger partial charge on any atom is -0.387 e. The van der Waals surface area contributed by atoms with E-state index in [0.717, 1.165) is 31.4 Å². The van der Waals surface area contributed by atoms with Crippen LogP contribution in [0.1, 0.15) is 36.5 Å². The summed E-state index contributed by atoms with van der Waals surface area (Å²) >= 11 is 0. The Bertz CT molecular complexity index is 449. The molecule has 2 N–H and O–H groups in total. The number of halogens is 3. The van der Waals surface area contributed by atoms with Gasteiger partial charge < -0.3 is 15.2 Å². The molecule has 118 valence electrons. The Morgan fingerprint density at radius 2 is 1.90 bits per heavy atom. The molecule has 1 atom stereocenters. The van der Waals surface area contributed by atoms with Crippen LogP contribution in [0.25, 0.3) is 0 Å². The summed E-state index contributed by atoms with van der Waals surface area (Å²) in [5.74, 6) is 0. The number of rotatable bonds is 6. The first kappa shape index (κ1) is 16.3. The van der Waals surface area contributed by atoms with Crippen molar-refractivity contribution < 1.29 is 23.0 Å². The predicted octanol–water partition coefficient (Wildman–Crippen LogP) is 2.90. The minimum absolute atomic E-state index is 0.139. The second-order valence-electron chi connectivity index (χ2n) is 5.51. The highest BCUT2D eigenvalue weighted by Crippen LogP contribution is 2.34. The lowest BCUT2D eigenvalue weighted by atomic mass is 9.80. The number of benzene rings is 1. The smallest absolute Gasteiger partial charge is 0.387 e. The zero-order chi connectivity index (χ0) is 15.5. The van der Waals surface area contributed by atoms with Crippen molar-refractivity contribution in [1.82, 2.24) is 5.32 Å². The fraction of sp³-hybridized carbons (Fsp3) is 0.600. The van der Waals surface area contributed by atoms with Gasteiger partial charge in [0.25, 0.3) is 0 Å². The van der Waals surface area contributed by atoms with Crippen molar-refractivity contribution >= 4 is 0 Å². The molecule has 1 saturated carbocycles. The summed E-state index contributed by atoms with van der Waals surface area (Å²) in [5, 5.41) is 13.1. The normalized spacial score (nSPS) is 19.1. The molecular weight excluding hydrogens is 283 g/mol. The number of aliphatic hydroxyl groups is 1. The van der Waals surface area contributed by atoms with E-state index in [-0.39, 0.29) is 12.1 Å². The third kappa shape index (κ3) is 3.96. The fourth-order valence-corrected chi connectivity index (χ4v) is 2.47. The Balaban J connectivity index is 1.84. The van der Waals surface area contributed by atoms with E-state index in [1.54, 1.807) is 7.11 Å². The van der Waals surface area contributed by atoms with E-state index in [4.69, 9.17) is 4.74 Å². The number of alkyl halides is 3. The first-order valence-corrected chi connectivity index (χ1v) is 6.97. The molecule has 1 aromatic rings. The zero-order valence-electron chi connectivity index (χ0n) is 11.9. The Kier molecular flexibility index (Phi) is 4.91. The number of ether oxygens (including phenoxy) is 1. The predicted molar refractivity (Wildman–Crippen MR) is 72.9 cm³/mol. The molecule has 1 fully saturated rings. The van der Waals surface area contributed by atoms with Gasteiger partial charge in [-0.3, -0.25) is 0 Å². The topological polar surface area (TPSA) is 41.5 Å². The Morgan fingerprint density at radius 3 is 2.33 bits per heavy atom. The van der Waals surface area contributed by atoms with Crippen LogP contribution in [0, 0.1) is 0 Å². The van der Waals surface area contributed by atoms with E-state index in [1.165, 1.54) is 12.1 Å². The molecule has 1 aliphatic carbocycles. The van der Waals surface area contributed by atoms with Gasteiger partial charge in [-0.2, -0.15) is 13.2 Å². The van der Waals surface area contributed by atoms with Gasteiger partial charge >= 0.3 is 6.18 Å². The van der Waals surface area contributed by atoms with Crippen LogP contribution in [0.5, 0.6) is 0 Å². The highest BCUT2D eigenvalue weighted by atomic mass is 19.4. The summed E-state index contributed by atoms with van der Waals surface area (Å²) < 4.78 is 42.8. The Hall–Kier alpha value is -1.11. The highest BCUT2D eigenvalue weighted by molar-refractivity contribution is 5.26. The molecule has 0 amide bonds. The number of hydrogen-bond donors (Lipinski definition) is 2. The molecule has 0 spiro atoms. The van der Waals surface area contributed by atoms with Crippen LogP contribution in [-0.2, 0) is 10.9 Å². The van der Waals surface area contributed by atoms with Crippen molar-refractivity contribution in [2.75, 3.05) is 20.2 Å². The lowest BCUT2D eigenvalue weighted by Crippen LogP contribution is -2.48. The van der Waals surface area contributed by atoms with Crippen molar-refractivity contribution in [3.8, 4) is 0 Å². The lowest BCUT2D eigenvalue weighted by Gasteiger charge is -2.40. The van der Waals surface area contributed by atoms with Gasteiger partial charge in [-0.05, 0) is 37.0 Å². The second kappa shape index (κ2) is 6.34. The molecular formula is C15H20F3NO2. The van der Waals surface area contributed by atoms with Gasteiger partial charge in [-0.25, -0.2) is 0 Å². The Morgan fingerprint density at radius 1 is 1.29 bits per heavy atom. The van der Waals surface area contributed by atoms with E-state index in [2.05, 4.69) is 5.32 Å². The molecule has 0 saturated heterocycles. The summed E-state index contributed by atoms with van der Waals surface area (Å²) in [6.45, 7) is 0.928. The van der Waals surface area contributed by atoms with Crippen molar-refractivity contribution in [2.24, 2.45) is 0 Å². The molecule has 0 radical (unpaired) electrons. The maximum absolute atomic E-state index is 12.5. The second-order valence-corrected chi connectivity index (χ2v) is 5.51. The quantitative estimate of drug-likeness (QED) is 0.849. The monoisotopic (exact) mass is 303 g/mol. The standard InChI is InChI=1S/C15H20F3NO2/c1-21-14(7-2-8-14)10-19-9-13(20)11-3-5-12(6-4-11)15(16,17)18/h3-6,13,19-20H,2,7-10H2,1H3. The maximum atomic E-state index is 12.5. The van der Waals surface area contributed by atoms with Crippen molar-refractivity contribution in [3.63, 3.8) is 0 Å². The van der Waals surface area contributed by atoms with Crippen molar-refractivity contribution in [3.05, 3.63) is 35.4 Å². The molecule has 1 unspecified atom stereocenters. The van der Waals surface area contributed by atoms with Crippen LogP contribution in [0.2, 0.25) is 0 Å². The fourth-order valence-electron chi connectivity index (χ4n) is 2.47. The number of nitrogens with one attached hydrogen (secondary N) is 1. The molecule has 2 rings (SSSR count). The molecule has 1 aliphatic rings. The SMILES string of the molecule is COC1(CNCC(O)c2ccc(C(F)(F)F)cc2)CCC1. The summed E-state index contributed by atoms with van der Waals surface area (Å²) in [4.78, 5) is 0. The van der Waals surface area contributed by atoms with Crippen molar-refractivity contribution in [2.45, 2.75) is 37.1 Å². The summed E-state index contributed by atoms with van der Waals surface area (Å²) in [5.41, 5.74) is -0.380. The van der Waals surface area contributed by atoms with Crippen molar-refractivity contribution in [1.29, 1.82) is 0 Å². The number of aliphatic hydroxyl groups excluding tert-OH is 1. The molecule has 1 aromatic carbocycles. The van der Waals surface area contributed by atoms with Gasteiger partial charge in [0.1, 0.15) is 0 Å². The van der Waals surface area contributed by atoms with E-state index in [9.17, 15) is 18.3 Å². The molecule has 0 aromatic heterocycles. The molecule has 6 heteroatoms. The third-order valence-electron chi connectivity index (χ3n) is 4.11. The number of methoxy groups -OCH3 is 1. The van der Waals surface area contributed by atoms with Gasteiger partial charge in [0, 0.05) is 20.2 Å². The summed E-state index contributed by atoms with van der Waals surface area (Å²) in [6.07, 6.45) is -2.06. The first-order valence-electron chi connectivity index (χ1n) is 6.97. The first-order chi connectivity index (χ1) is 9.86. The average Bonchev–Trinajstić information content (AvgIpc) is 2.41. The van der Waals surface area contributed by atoms with E-state index in [1.807, 2.05) is 0 Å². The molecule has 0 heterocycles. The van der Waals surface area contributed by atoms with Gasteiger partial charge in [0.05, 0.1) is 17.3 Å². The van der Waals surface area contributed by atoms with Gasteiger partial charge in [0.15, 0.2) is 0 Å². The van der Waals surface area contributed by atoms with Gasteiger partial charge in [0.2, 0.25) is 0 Å². The molecule has 0 aliphatic heterocycles. The van der Waals surface area contributed by atoms with E-state index >= 15 is 0 Å². The third-order valence-corrected chi connectivity index (χ3v) is 4.11. The van der Waals surface area contributed by atoms with E-state index < -0.39 is 17.8 Å². The maximum Gasteiger partial charge on any atom is 0.416 e. The largest absolute Gasteiger partial charge is 0.416 e.